The molecule has 2 amide bonds. The molecule has 2 aromatic rings. The zero-order valence-electron chi connectivity index (χ0n) is 21.4. The Morgan fingerprint density at radius 2 is 1.66 bits per heavy atom. The van der Waals surface area contributed by atoms with Crippen LogP contribution in [0.15, 0.2) is 48.5 Å². The molecule has 1 N–H and O–H groups in total. The van der Waals surface area contributed by atoms with Gasteiger partial charge in [0, 0.05) is 12.6 Å². The van der Waals surface area contributed by atoms with Crippen LogP contribution in [0.3, 0.4) is 0 Å². The fourth-order valence-electron chi connectivity index (χ4n) is 3.51. The number of hydrogen-bond acceptors (Lipinski definition) is 5. The van der Waals surface area contributed by atoms with Gasteiger partial charge in [-0.1, -0.05) is 31.2 Å². The van der Waals surface area contributed by atoms with Crippen LogP contribution in [-0.2, 0) is 26.2 Å². The number of hydrogen-bond donors (Lipinski definition) is 1. The summed E-state index contributed by atoms with van der Waals surface area (Å²) in [6.07, 6.45) is 1.81. The molecule has 2 rings (SSSR count). The van der Waals surface area contributed by atoms with Gasteiger partial charge in [0.15, 0.2) is 0 Å². The van der Waals surface area contributed by atoms with E-state index in [1.54, 1.807) is 31.2 Å². The van der Waals surface area contributed by atoms with E-state index in [9.17, 15) is 18.0 Å². The van der Waals surface area contributed by atoms with Gasteiger partial charge in [-0.05, 0) is 69.5 Å². The van der Waals surface area contributed by atoms with Gasteiger partial charge in [-0.15, -0.1) is 0 Å². The SMILES string of the molecule is CCOc1ccc(N(CC(=O)N(Cc2ccccc2C)[C@H](C)C(=O)N[C@@H](C)CC)S(C)(=O)=O)cc1. The van der Waals surface area contributed by atoms with Crippen LogP contribution in [0.25, 0.3) is 0 Å². The van der Waals surface area contributed by atoms with Crippen molar-refractivity contribution in [3.8, 4) is 5.75 Å². The third-order valence-corrected chi connectivity index (χ3v) is 7.03. The van der Waals surface area contributed by atoms with Gasteiger partial charge in [-0.3, -0.25) is 13.9 Å². The number of nitrogens with zero attached hydrogens (tertiary/aromatic N) is 2. The van der Waals surface area contributed by atoms with Gasteiger partial charge in [-0.25, -0.2) is 8.42 Å². The molecule has 35 heavy (non-hydrogen) atoms. The summed E-state index contributed by atoms with van der Waals surface area (Å²) in [5.74, 6) is -0.153. The molecule has 0 aliphatic heterocycles. The average molecular weight is 504 g/mol. The first kappa shape index (κ1) is 28.2. The number of amides is 2. The van der Waals surface area contributed by atoms with Crippen LogP contribution in [0.5, 0.6) is 5.75 Å². The molecule has 0 saturated carbocycles. The Bertz CT molecular complexity index is 1100. The van der Waals surface area contributed by atoms with Gasteiger partial charge in [0.25, 0.3) is 0 Å². The van der Waals surface area contributed by atoms with E-state index in [-0.39, 0.29) is 18.5 Å². The van der Waals surface area contributed by atoms with Crippen molar-refractivity contribution >= 4 is 27.5 Å². The summed E-state index contributed by atoms with van der Waals surface area (Å²) in [4.78, 5) is 27.9. The smallest absolute Gasteiger partial charge is 0.244 e. The molecule has 2 atom stereocenters. The topological polar surface area (TPSA) is 96.0 Å². The first-order valence-electron chi connectivity index (χ1n) is 11.8. The first-order valence-corrected chi connectivity index (χ1v) is 13.7. The van der Waals surface area contributed by atoms with E-state index in [1.807, 2.05) is 52.0 Å². The monoisotopic (exact) mass is 503 g/mol. The van der Waals surface area contributed by atoms with Crippen LogP contribution < -0.4 is 14.4 Å². The number of nitrogens with one attached hydrogen (secondary N) is 1. The highest BCUT2D eigenvalue weighted by molar-refractivity contribution is 7.92. The molecule has 0 unspecified atom stereocenters. The van der Waals surface area contributed by atoms with Crippen molar-refractivity contribution in [1.29, 1.82) is 0 Å². The minimum atomic E-state index is -3.78. The largest absolute Gasteiger partial charge is 0.494 e. The normalized spacial score (nSPS) is 13.0. The Labute approximate surface area is 209 Å². The van der Waals surface area contributed by atoms with E-state index in [0.717, 1.165) is 28.1 Å². The second kappa shape index (κ2) is 12.6. The third-order valence-electron chi connectivity index (χ3n) is 5.89. The first-order chi connectivity index (χ1) is 16.5. The molecular formula is C26H37N3O5S. The number of carbonyl (C=O) groups is 2. The Kier molecular flexibility index (Phi) is 10.1. The highest BCUT2D eigenvalue weighted by Crippen LogP contribution is 2.23. The predicted octanol–water partition coefficient (Wildman–Crippen LogP) is 3.49. The van der Waals surface area contributed by atoms with Crippen LogP contribution >= 0.6 is 0 Å². The number of carbonyl (C=O) groups excluding carboxylic acids is 2. The number of aryl methyl sites for hydroxylation is 1. The van der Waals surface area contributed by atoms with Gasteiger partial charge >= 0.3 is 0 Å². The lowest BCUT2D eigenvalue weighted by atomic mass is 10.1. The van der Waals surface area contributed by atoms with Crippen LogP contribution in [0.4, 0.5) is 5.69 Å². The lowest BCUT2D eigenvalue weighted by Gasteiger charge is -2.32. The molecule has 0 fully saturated rings. The zero-order chi connectivity index (χ0) is 26.2. The standard InChI is InChI=1S/C26H37N3O5S/c1-7-20(4)27-26(31)21(5)28(17-22-12-10-9-11-19(22)3)25(30)18-29(35(6,32)33)23-13-15-24(16-14-23)34-8-2/h9-16,20-21H,7-8,17-18H2,1-6H3,(H,27,31)/t20-,21+/m0/s1. The van der Waals surface area contributed by atoms with E-state index < -0.39 is 28.5 Å². The molecule has 0 aliphatic carbocycles. The van der Waals surface area contributed by atoms with Gasteiger partial charge in [0.05, 0.1) is 18.6 Å². The van der Waals surface area contributed by atoms with Gasteiger partial charge in [0.2, 0.25) is 21.8 Å². The summed E-state index contributed by atoms with van der Waals surface area (Å²) in [6.45, 7) is 9.55. The van der Waals surface area contributed by atoms with E-state index in [2.05, 4.69) is 5.32 Å². The molecule has 0 bridgehead atoms. The Morgan fingerprint density at radius 1 is 1.03 bits per heavy atom. The lowest BCUT2D eigenvalue weighted by Crippen LogP contribution is -2.52. The molecule has 0 aliphatic rings. The minimum Gasteiger partial charge on any atom is -0.494 e. The van der Waals surface area contributed by atoms with Crippen LogP contribution in [-0.4, -0.2) is 56.6 Å². The Hall–Kier alpha value is -3.07. The fourth-order valence-corrected chi connectivity index (χ4v) is 4.36. The summed E-state index contributed by atoms with van der Waals surface area (Å²) in [5, 5.41) is 2.92. The zero-order valence-corrected chi connectivity index (χ0v) is 22.3. The predicted molar refractivity (Wildman–Crippen MR) is 139 cm³/mol. The lowest BCUT2D eigenvalue weighted by molar-refractivity contribution is -0.139. The molecule has 0 heterocycles. The summed E-state index contributed by atoms with van der Waals surface area (Å²) < 4.78 is 31.8. The number of sulfonamides is 1. The summed E-state index contributed by atoms with van der Waals surface area (Å²) in [7, 11) is -3.78. The minimum absolute atomic E-state index is 0.0447. The van der Waals surface area contributed by atoms with Crippen molar-refractivity contribution < 1.29 is 22.7 Å². The highest BCUT2D eigenvalue weighted by Gasteiger charge is 2.30. The number of rotatable bonds is 12. The maximum atomic E-state index is 13.6. The van der Waals surface area contributed by atoms with Crippen molar-refractivity contribution in [2.75, 3.05) is 23.7 Å². The summed E-state index contributed by atoms with van der Waals surface area (Å²) in [6, 6.07) is 13.3. The average Bonchev–Trinajstić information content (AvgIpc) is 2.81. The van der Waals surface area contributed by atoms with E-state index in [4.69, 9.17) is 4.74 Å². The Morgan fingerprint density at radius 3 is 2.20 bits per heavy atom. The van der Waals surface area contributed by atoms with Gasteiger partial charge in [0.1, 0.15) is 18.3 Å². The third kappa shape index (κ3) is 7.99. The molecule has 0 saturated heterocycles. The van der Waals surface area contributed by atoms with Crippen LogP contribution in [0.2, 0.25) is 0 Å². The molecule has 0 aromatic heterocycles. The maximum absolute atomic E-state index is 13.6. The maximum Gasteiger partial charge on any atom is 0.244 e. The highest BCUT2D eigenvalue weighted by atomic mass is 32.2. The van der Waals surface area contributed by atoms with E-state index in [0.29, 0.717) is 18.0 Å². The fraction of sp³-hybridized carbons (Fsp3) is 0.462. The van der Waals surface area contributed by atoms with Crippen LogP contribution in [0, 0.1) is 6.92 Å². The van der Waals surface area contributed by atoms with E-state index in [1.165, 1.54) is 4.90 Å². The Balaban J connectivity index is 2.38. The van der Waals surface area contributed by atoms with Gasteiger partial charge < -0.3 is 15.0 Å². The van der Waals surface area contributed by atoms with Crippen molar-refractivity contribution in [1.82, 2.24) is 10.2 Å². The molecule has 0 radical (unpaired) electrons. The van der Waals surface area contributed by atoms with Crippen molar-refractivity contribution in [2.24, 2.45) is 0 Å². The molecule has 8 nitrogen and oxygen atoms in total. The second-order valence-electron chi connectivity index (χ2n) is 8.64. The number of anilines is 1. The molecule has 2 aromatic carbocycles. The second-order valence-corrected chi connectivity index (χ2v) is 10.5. The molecule has 192 valence electrons. The van der Waals surface area contributed by atoms with Crippen molar-refractivity contribution in [3.63, 3.8) is 0 Å². The number of benzene rings is 2. The quantitative estimate of drug-likeness (QED) is 0.478. The van der Waals surface area contributed by atoms with E-state index >= 15 is 0 Å². The summed E-state index contributed by atoms with van der Waals surface area (Å²) >= 11 is 0. The molecular weight excluding hydrogens is 466 g/mol. The number of ether oxygens (including phenoxy) is 1. The van der Waals surface area contributed by atoms with Crippen molar-refractivity contribution in [2.45, 2.75) is 59.7 Å². The van der Waals surface area contributed by atoms with Crippen LogP contribution in [0.1, 0.15) is 45.2 Å². The molecule has 9 heteroatoms. The summed E-state index contributed by atoms with van der Waals surface area (Å²) in [5.41, 5.74) is 2.21. The van der Waals surface area contributed by atoms with Gasteiger partial charge in [-0.2, -0.15) is 0 Å². The molecule has 0 spiro atoms. The van der Waals surface area contributed by atoms with Crippen molar-refractivity contribution in [3.05, 3.63) is 59.7 Å².